The van der Waals surface area contributed by atoms with Crippen molar-refractivity contribution in [3.8, 4) is 0 Å². The largest absolute Gasteiger partial charge is 0.397 e. The Morgan fingerprint density at radius 2 is 2.00 bits per heavy atom. The Hall–Kier alpha value is -1.22. The molecule has 1 aliphatic heterocycles. The van der Waals surface area contributed by atoms with E-state index in [1.54, 1.807) is 0 Å². The number of ether oxygens (including phenoxy) is 1. The maximum absolute atomic E-state index is 6.09. The number of benzene rings is 1. The summed E-state index contributed by atoms with van der Waals surface area (Å²) in [7, 11) is 0. The van der Waals surface area contributed by atoms with Gasteiger partial charge in [-0.1, -0.05) is 19.1 Å². The SMILES string of the molecule is CCCN(c1ccccc1N)C1CCOCC1. The molecular formula is C14H22N2O. The van der Waals surface area contributed by atoms with E-state index >= 15 is 0 Å². The van der Waals surface area contributed by atoms with Gasteiger partial charge in [-0.3, -0.25) is 0 Å². The van der Waals surface area contributed by atoms with Gasteiger partial charge in [0.1, 0.15) is 0 Å². The van der Waals surface area contributed by atoms with Gasteiger partial charge in [0.05, 0.1) is 11.4 Å². The van der Waals surface area contributed by atoms with Crippen molar-refractivity contribution in [2.75, 3.05) is 30.4 Å². The van der Waals surface area contributed by atoms with Crippen LogP contribution < -0.4 is 10.6 Å². The smallest absolute Gasteiger partial charge is 0.0602 e. The molecule has 1 saturated heterocycles. The molecule has 1 aliphatic rings. The number of nitrogen functional groups attached to an aromatic ring is 1. The van der Waals surface area contributed by atoms with E-state index in [9.17, 15) is 0 Å². The fourth-order valence-corrected chi connectivity index (χ4v) is 2.49. The molecule has 0 atom stereocenters. The zero-order valence-corrected chi connectivity index (χ0v) is 10.6. The van der Waals surface area contributed by atoms with Crippen LogP contribution in [0.15, 0.2) is 24.3 Å². The van der Waals surface area contributed by atoms with Gasteiger partial charge < -0.3 is 15.4 Å². The first kappa shape index (κ1) is 12.2. The van der Waals surface area contributed by atoms with Gasteiger partial charge in [-0.15, -0.1) is 0 Å². The van der Waals surface area contributed by atoms with E-state index in [1.807, 2.05) is 12.1 Å². The summed E-state index contributed by atoms with van der Waals surface area (Å²) in [6.07, 6.45) is 3.36. The summed E-state index contributed by atoms with van der Waals surface area (Å²) in [5.74, 6) is 0. The quantitative estimate of drug-likeness (QED) is 0.814. The van der Waals surface area contributed by atoms with Crippen molar-refractivity contribution in [2.45, 2.75) is 32.2 Å². The van der Waals surface area contributed by atoms with E-state index in [-0.39, 0.29) is 0 Å². The van der Waals surface area contributed by atoms with Gasteiger partial charge in [-0.2, -0.15) is 0 Å². The van der Waals surface area contributed by atoms with Crippen LogP contribution in [0, 0.1) is 0 Å². The molecule has 17 heavy (non-hydrogen) atoms. The minimum atomic E-state index is 0.577. The van der Waals surface area contributed by atoms with Gasteiger partial charge in [0.2, 0.25) is 0 Å². The van der Waals surface area contributed by atoms with Gasteiger partial charge in [-0.05, 0) is 31.4 Å². The Labute approximate surface area is 104 Å². The molecule has 1 fully saturated rings. The van der Waals surface area contributed by atoms with Crippen molar-refractivity contribution in [1.82, 2.24) is 0 Å². The average molecular weight is 234 g/mol. The van der Waals surface area contributed by atoms with E-state index in [0.29, 0.717) is 6.04 Å². The Bertz CT molecular complexity index is 348. The molecule has 3 heteroatoms. The monoisotopic (exact) mass is 234 g/mol. The molecule has 94 valence electrons. The van der Waals surface area contributed by atoms with E-state index in [4.69, 9.17) is 10.5 Å². The van der Waals surface area contributed by atoms with E-state index in [1.165, 1.54) is 5.69 Å². The molecule has 3 nitrogen and oxygen atoms in total. The molecule has 0 saturated carbocycles. The summed E-state index contributed by atoms with van der Waals surface area (Å²) in [4.78, 5) is 2.46. The fraction of sp³-hybridized carbons (Fsp3) is 0.571. The highest BCUT2D eigenvalue weighted by Gasteiger charge is 2.22. The molecule has 0 aliphatic carbocycles. The Morgan fingerprint density at radius 3 is 2.65 bits per heavy atom. The second-order valence-electron chi connectivity index (χ2n) is 4.60. The van der Waals surface area contributed by atoms with Crippen LogP contribution in [0.4, 0.5) is 11.4 Å². The minimum Gasteiger partial charge on any atom is -0.397 e. The first-order chi connectivity index (χ1) is 8.33. The predicted molar refractivity (Wildman–Crippen MR) is 72.3 cm³/mol. The minimum absolute atomic E-state index is 0.577. The van der Waals surface area contributed by atoms with Crippen LogP contribution in [-0.2, 0) is 4.74 Å². The van der Waals surface area contributed by atoms with Crippen molar-refractivity contribution < 1.29 is 4.74 Å². The zero-order valence-electron chi connectivity index (χ0n) is 10.6. The highest BCUT2D eigenvalue weighted by molar-refractivity contribution is 5.67. The van der Waals surface area contributed by atoms with E-state index < -0.39 is 0 Å². The topological polar surface area (TPSA) is 38.5 Å². The number of hydrogen-bond acceptors (Lipinski definition) is 3. The summed E-state index contributed by atoms with van der Waals surface area (Å²) in [6.45, 7) is 5.03. The molecule has 0 radical (unpaired) electrons. The van der Waals surface area contributed by atoms with Crippen molar-refractivity contribution in [1.29, 1.82) is 0 Å². The maximum atomic E-state index is 6.09. The Kier molecular flexibility index (Phi) is 4.26. The Balaban J connectivity index is 2.18. The third kappa shape index (κ3) is 2.91. The van der Waals surface area contributed by atoms with Crippen LogP contribution in [0.3, 0.4) is 0 Å². The molecular weight excluding hydrogens is 212 g/mol. The molecule has 2 N–H and O–H groups in total. The third-order valence-electron chi connectivity index (χ3n) is 3.34. The summed E-state index contributed by atoms with van der Waals surface area (Å²) in [6, 6.07) is 8.74. The molecule has 2 rings (SSSR count). The van der Waals surface area contributed by atoms with E-state index in [2.05, 4.69) is 24.0 Å². The summed E-state index contributed by atoms with van der Waals surface area (Å²) >= 11 is 0. The number of rotatable bonds is 4. The lowest BCUT2D eigenvalue weighted by atomic mass is 10.1. The maximum Gasteiger partial charge on any atom is 0.0602 e. The predicted octanol–water partition coefficient (Wildman–Crippen LogP) is 2.66. The number of hydrogen-bond donors (Lipinski definition) is 1. The van der Waals surface area contributed by atoms with Crippen LogP contribution in [-0.4, -0.2) is 25.8 Å². The van der Waals surface area contributed by atoms with Crippen LogP contribution in [0.25, 0.3) is 0 Å². The summed E-state index contributed by atoms with van der Waals surface area (Å²) in [5.41, 5.74) is 8.15. The van der Waals surface area contributed by atoms with Gasteiger partial charge in [0.15, 0.2) is 0 Å². The van der Waals surface area contributed by atoms with Crippen LogP contribution in [0.5, 0.6) is 0 Å². The molecule has 0 aromatic heterocycles. The lowest BCUT2D eigenvalue weighted by molar-refractivity contribution is 0.0844. The molecule has 1 aromatic carbocycles. The fourth-order valence-electron chi connectivity index (χ4n) is 2.49. The molecule has 1 heterocycles. The standard InChI is InChI=1S/C14H22N2O/c1-2-9-16(12-7-10-17-11-8-12)14-6-4-3-5-13(14)15/h3-6,12H,2,7-11,15H2,1H3. The van der Waals surface area contributed by atoms with Gasteiger partial charge in [-0.25, -0.2) is 0 Å². The first-order valence-corrected chi connectivity index (χ1v) is 6.52. The van der Waals surface area contributed by atoms with E-state index in [0.717, 1.165) is 44.7 Å². The van der Waals surface area contributed by atoms with Crippen LogP contribution in [0.2, 0.25) is 0 Å². The van der Waals surface area contributed by atoms with Crippen molar-refractivity contribution in [3.63, 3.8) is 0 Å². The Morgan fingerprint density at radius 1 is 1.29 bits per heavy atom. The van der Waals surface area contributed by atoms with Crippen LogP contribution in [0.1, 0.15) is 26.2 Å². The lowest BCUT2D eigenvalue weighted by Gasteiger charge is -2.36. The van der Waals surface area contributed by atoms with Crippen LogP contribution >= 0.6 is 0 Å². The second-order valence-corrected chi connectivity index (χ2v) is 4.60. The molecule has 0 spiro atoms. The molecule has 0 bridgehead atoms. The van der Waals surface area contributed by atoms with Gasteiger partial charge in [0.25, 0.3) is 0 Å². The lowest BCUT2D eigenvalue weighted by Crippen LogP contribution is -2.40. The van der Waals surface area contributed by atoms with Crippen molar-refractivity contribution in [2.24, 2.45) is 0 Å². The molecule has 0 unspecified atom stereocenters. The van der Waals surface area contributed by atoms with Gasteiger partial charge in [0, 0.05) is 25.8 Å². The molecule has 1 aromatic rings. The number of nitrogens with zero attached hydrogens (tertiary/aromatic N) is 1. The average Bonchev–Trinajstić information content (AvgIpc) is 2.38. The zero-order chi connectivity index (χ0) is 12.1. The third-order valence-corrected chi connectivity index (χ3v) is 3.34. The van der Waals surface area contributed by atoms with Gasteiger partial charge >= 0.3 is 0 Å². The van der Waals surface area contributed by atoms with Crippen molar-refractivity contribution >= 4 is 11.4 Å². The normalized spacial score (nSPS) is 17.0. The molecule has 0 amide bonds. The second kappa shape index (κ2) is 5.92. The summed E-state index contributed by atoms with van der Waals surface area (Å²) in [5, 5.41) is 0. The number of nitrogens with two attached hydrogens (primary N) is 1. The summed E-state index contributed by atoms with van der Waals surface area (Å²) < 4.78 is 5.44. The number of anilines is 2. The number of para-hydroxylation sites is 2. The first-order valence-electron chi connectivity index (χ1n) is 6.52. The van der Waals surface area contributed by atoms with Crippen molar-refractivity contribution in [3.05, 3.63) is 24.3 Å². The highest BCUT2D eigenvalue weighted by Crippen LogP contribution is 2.28. The highest BCUT2D eigenvalue weighted by atomic mass is 16.5.